The van der Waals surface area contributed by atoms with E-state index in [1.165, 1.54) is 12.1 Å². The van der Waals surface area contributed by atoms with E-state index in [1.807, 2.05) is 27.7 Å². The molecule has 0 radical (unpaired) electrons. The van der Waals surface area contributed by atoms with Crippen LogP contribution in [0.2, 0.25) is 0 Å². The van der Waals surface area contributed by atoms with E-state index < -0.39 is 25.8 Å². The molecule has 0 N–H and O–H groups in total. The molecule has 0 saturated heterocycles. The van der Waals surface area contributed by atoms with E-state index in [-0.39, 0.29) is 73.5 Å². The van der Waals surface area contributed by atoms with Gasteiger partial charge in [-0.25, -0.2) is 4.79 Å². The van der Waals surface area contributed by atoms with E-state index in [1.54, 1.807) is 0 Å². The number of carbonyl (C=O) groups is 1. The van der Waals surface area contributed by atoms with Crippen LogP contribution < -0.4 is 0 Å². The van der Waals surface area contributed by atoms with Gasteiger partial charge < -0.3 is 9.47 Å². The molecule has 0 amide bonds. The predicted molar refractivity (Wildman–Crippen MR) is 151 cm³/mol. The van der Waals surface area contributed by atoms with Gasteiger partial charge in [0.15, 0.2) is 0 Å². The van der Waals surface area contributed by atoms with E-state index in [0.29, 0.717) is 35.1 Å². The van der Waals surface area contributed by atoms with Gasteiger partial charge in [0, 0.05) is 23.3 Å². The van der Waals surface area contributed by atoms with Crippen LogP contribution in [0.5, 0.6) is 0 Å². The maximum atomic E-state index is 12.1. The molecule has 2 atom stereocenters. The second kappa shape index (κ2) is 15.3. The molecule has 2 aromatic carbocycles. The van der Waals surface area contributed by atoms with Crippen LogP contribution in [0.4, 0.5) is 27.5 Å². The van der Waals surface area contributed by atoms with Crippen LogP contribution >= 0.6 is 0 Å². The molecule has 2 unspecified atom stereocenters. The van der Waals surface area contributed by atoms with Crippen molar-refractivity contribution in [2.45, 2.75) is 78.1 Å². The second-order valence-electron chi connectivity index (χ2n) is 9.87. The highest BCUT2D eigenvalue weighted by Gasteiger charge is 2.27. The van der Waals surface area contributed by atoms with Crippen molar-refractivity contribution >= 4 is 28.9 Å². The lowest BCUT2D eigenvalue weighted by atomic mass is 9.90. The predicted octanol–water partition coefficient (Wildman–Crippen LogP) is 7.07. The topological polar surface area (TPSA) is 208 Å². The summed E-state index contributed by atoms with van der Waals surface area (Å²) in [6.45, 7) is 7.11. The molecule has 0 aliphatic heterocycles. The monoisotopic (exact) mass is 590 g/mol. The number of hydrogen-bond acceptors (Lipinski definition) is 11. The smallest absolute Gasteiger partial charge is 0.434 e. The molecule has 2 aromatic rings. The van der Waals surface area contributed by atoms with Crippen molar-refractivity contribution in [1.29, 1.82) is 0 Å². The first-order valence-corrected chi connectivity index (χ1v) is 13.5. The Morgan fingerprint density at radius 3 is 1.31 bits per heavy atom. The molecule has 0 saturated carbocycles. The van der Waals surface area contributed by atoms with Crippen LogP contribution in [0.3, 0.4) is 0 Å². The summed E-state index contributed by atoms with van der Waals surface area (Å²) in [5, 5.41) is 45.8. The van der Waals surface area contributed by atoms with Crippen molar-refractivity contribution in [2.75, 3.05) is 13.2 Å². The summed E-state index contributed by atoms with van der Waals surface area (Å²) in [5.41, 5.74) is 0.235. The van der Waals surface area contributed by atoms with Crippen molar-refractivity contribution < 1.29 is 34.0 Å². The summed E-state index contributed by atoms with van der Waals surface area (Å²) in [5.74, 6) is -0.339. The third kappa shape index (κ3) is 8.65. The lowest BCUT2D eigenvalue weighted by Crippen LogP contribution is -2.12. The van der Waals surface area contributed by atoms with Crippen molar-refractivity contribution in [3.63, 3.8) is 0 Å². The maximum absolute atomic E-state index is 12.1. The zero-order valence-electron chi connectivity index (χ0n) is 23.9. The Bertz CT molecular complexity index is 1250. The van der Waals surface area contributed by atoms with Gasteiger partial charge in [0.1, 0.15) is 0 Å². The van der Waals surface area contributed by atoms with Crippen molar-refractivity contribution in [1.82, 2.24) is 0 Å². The Kier molecular flexibility index (Phi) is 12.2. The van der Waals surface area contributed by atoms with E-state index in [9.17, 15) is 45.3 Å². The highest BCUT2D eigenvalue weighted by atomic mass is 16.7. The molecule has 15 nitrogen and oxygen atoms in total. The lowest BCUT2D eigenvalue weighted by Gasteiger charge is -2.16. The molecular formula is C27H34N4O11. The minimum atomic E-state index is -0.990. The van der Waals surface area contributed by atoms with Gasteiger partial charge in [-0.2, -0.15) is 0 Å². The number of carbonyl (C=O) groups excluding carboxylic acids is 1. The fourth-order valence-electron chi connectivity index (χ4n) is 4.58. The number of rotatable bonds is 16. The molecule has 0 heterocycles. The maximum Gasteiger partial charge on any atom is 0.508 e. The summed E-state index contributed by atoms with van der Waals surface area (Å²) in [7, 11) is 0. The number of hydrogen-bond donors (Lipinski definition) is 0. The molecule has 15 heteroatoms. The number of benzene rings is 2. The molecule has 2 rings (SSSR count). The van der Waals surface area contributed by atoms with Gasteiger partial charge in [0.2, 0.25) is 0 Å². The zero-order chi connectivity index (χ0) is 31.6. The van der Waals surface area contributed by atoms with Crippen LogP contribution in [0.15, 0.2) is 24.3 Å². The van der Waals surface area contributed by atoms with Gasteiger partial charge in [-0.1, -0.05) is 27.7 Å². The van der Waals surface area contributed by atoms with Crippen LogP contribution in [0, 0.1) is 40.5 Å². The normalized spacial score (nSPS) is 12.3. The highest BCUT2D eigenvalue weighted by molar-refractivity contribution is 5.60. The minimum absolute atomic E-state index is 0.126. The van der Waals surface area contributed by atoms with Crippen LogP contribution in [0.1, 0.15) is 87.5 Å². The highest BCUT2D eigenvalue weighted by Crippen LogP contribution is 2.36. The Balaban J connectivity index is 2.00. The summed E-state index contributed by atoms with van der Waals surface area (Å²) in [6, 6.07) is 4.54. The number of ether oxygens (including phenoxy) is 2. The SMILES string of the molecule is CCC(C)c1cc([N+](=O)[O-])cc([N+](=O)[O-])c1CCCOC(=O)OCCCc1c(C(C)CC)cc([N+](=O)[O-])cc1[N+](=O)[O-]. The van der Waals surface area contributed by atoms with Crippen LogP contribution in [0.25, 0.3) is 0 Å². The number of non-ortho nitro benzene ring substituents is 2. The summed E-state index contributed by atoms with van der Waals surface area (Å²) < 4.78 is 10.1. The fourth-order valence-corrected chi connectivity index (χ4v) is 4.58. The molecule has 0 bridgehead atoms. The molecule has 228 valence electrons. The van der Waals surface area contributed by atoms with E-state index in [4.69, 9.17) is 9.47 Å². The first-order valence-electron chi connectivity index (χ1n) is 13.5. The first kappa shape index (κ1) is 33.5. The Morgan fingerprint density at radius 1 is 0.667 bits per heavy atom. The Morgan fingerprint density at radius 2 is 1.02 bits per heavy atom. The van der Waals surface area contributed by atoms with Gasteiger partial charge in [0.25, 0.3) is 22.7 Å². The molecular weight excluding hydrogens is 556 g/mol. The number of nitro benzene ring substituents is 4. The number of nitrogens with zero attached hydrogens (tertiary/aromatic N) is 4. The largest absolute Gasteiger partial charge is 0.508 e. The minimum Gasteiger partial charge on any atom is -0.434 e. The second-order valence-corrected chi connectivity index (χ2v) is 9.87. The quantitative estimate of drug-likeness (QED) is 0.0835. The average Bonchev–Trinajstić information content (AvgIpc) is 2.95. The van der Waals surface area contributed by atoms with Crippen LogP contribution in [-0.2, 0) is 22.3 Å². The van der Waals surface area contributed by atoms with Crippen molar-refractivity contribution in [2.24, 2.45) is 0 Å². The zero-order valence-corrected chi connectivity index (χ0v) is 23.9. The van der Waals surface area contributed by atoms with Crippen molar-refractivity contribution in [3.05, 3.63) is 87.0 Å². The van der Waals surface area contributed by atoms with Gasteiger partial charge in [0.05, 0.1) is 45.0 Å². The molecule has 0 aliphatic rings. The van der Waals surface area contributed by atoms with Gasteiger partial charge in [-0.3, -0.25) is 40.5 Å². The Hall–Kier alpha value is -4.69. The number of nitro groups is 4. The third-order valence-electron chi connectivity index (χ3n) is 7.17. The molecule has 0 aromatic heterocycles. The summed E-state index contributed by atoms with van der Waals surface area (Å²) in [6.07, 6.45) is 0.907. The first-order chi connectivity index (χ1) is 19.8. The Labute approximate surface area is 241 Å². The van der Waals surface area contributed by atoms with E-state index in [0.717, 1.165) is 12.1 Å². The summed E-state index contributed by atoms with van der Waals surface area (Å²) in [4.78, 5) is 55.2. The van der Waals surface area contributed by atoms with E-state index in [2.05, 4.69) is 0 Å². The van der Waals surface area contributed by atoms with Crippen LogP contribution in [-0.4, -0.2) is 39.1 Å². The lowest BCUT2D eigenvalue weighted by molar-refractivity contribution is -0.395. The molecule has 0 aliphatic carbocycles. The van der Waals surface area contributed by atoms with Gasteiger partial charge in [-0.15, -0.1) is 0 Å². The molecule has 0 fully saturated rings. The average molecular weight is 591 g/mol. The van der Waals surface area contributed by atoms with Gasteiger partial charge >= 0.3 is 6.16 Å². The third-order valence-corrected chi connectivity index (χ3v) is 7.17. The fraction of sp³-hybridized carbons (Fsp3) is 0.519. The van der Waals surface area contributed by atoms with Gasteiger partial charge in [-0.05, 0) is 61.5 Å². The standard InChI is InChI=1S/C27H34N4O11/c1-5-17(3)23-13-19(28(33)34)15-25(30(37)38)21(23)9-7-11-41-27(32)42-12-8-10-22-24(18(4)6-2)14-20(29(35)36)16-26(22)31(39)40/h13-18H,5-12H2,1-4H3. The van der Waals surface area contributed by atoms with Crippen molar-refractivity contribution in [3.8, 4) is 0 Å². The summed E-state index contributed by atoms with van der Waals surface area (Å²) >= 11 is 0. The molecule has 42 heavy (non-hydrogen) atoms. The molecule has 0 spiro atoms. The van der Waals surface area contributed by atoms with E-state index >= 15 is 0 Å².